The van der Waals surface area contributed by atoms with Gasteiger partial charge in [0.05, 0.1) is 13.1 Å². The lowest BCUT2D eigenvalue weighted by Gasteiger charge is -2.29. The topological polar surface area (TPSA) is 128 Å². The Balaban J connectivity index is 1.65. The standard InChI is InChI=1S/C16H18N2O7/c19-13-3-1-2-9-4-5-17(8-11(9)13)16(24)25-10-6-12(14(20)21)18(7-10)15(22)23/h1-3,10,12,19H,4-8H2,(H,20,21)(H,22,23)/t10-,12+/m1/s1. The summed E-state index contributed by atoms with van der Waals surface area (Å²) in [6.07, 6.45) is -2.32. The smallest absolute Gasteiger partial charge is 0.410 e. The van der Waals surface area contributed by atoms with E-state index in [0.717, 1.165) is 10.5 Å². The Morgan fingerprint density at radius 1 is 1.20 bits per heavy atom. The van der Waals surface area contributed by atoms with Crippen molar-refractivity contribution in [3.8, 4) is 5.75 Å². The number of ether oxygens (including phenoxy) is 1. The molecule has 3 rings (SSSR count). The first-order chi connectivity index (χ1) is 11.9. The molecule has 2 aliphatic rings. The van der Waals surface area contributed by atoms with Crippen molar-refractivity contribution < 1.29 is 34.4 Å². The number of amides is 2. The molecule has 0 aliphatic carbocycles. The van der Waals surface area contributed by atoms with E-state index in [0.29, 0.717) is 18.5 Å². The third kappa shape index (κ3) is 3.30. The summed E-state index contributed by atoms with van der Waals surface area (Å²) in [6, 6.07) is 3.96. The molecule has 2 aliphatic heterocycles. The van der Waals surface area contributed by atoms with Crippen LogP contribution in [0.25, 0.3) is 0 Å². The van der Waals surface area contributed by atoms with Crippen LogP contribution >= 0.6 is 0 Å². The van der Waals surface area contributed by atoms with E-state index in [4.69, 9.17) is 14.9 Å². The second kappa shape index (κ2) is 6.50. The number of fused-ring (bicyclic) bond motifs is 1. The third-order valence-electron chi connectivity index (χ3n) is 4.57. The summed E-state index contributed by atoms with van der Waals surface area (Å²) in [4.78, 5) is 36.8. The summed E-state index contributed by atoms with van der Waals surface area (Å²) < 4.78 is 5.30. The molecule has 0 unspecified atom stereocenters. The largest absolute Gasteiger partial charge is 0.508 e. The molecule has 2 heterocycles. The molecule has 9 heteroatoms. The summed E-state index contributed by atoms with van der Waals surface area (Å²) >= 11 is 0. The highest BCUT2D eigenvalue weighted by Crippen LogP contribution is 2.28. The van der Waals surface area contributed by atoms with Crippen LogP contribution in [0.1, 0.15) is 17.5 Å². The van der Waals surface area contributed by atoms with Crippen LogP contribution in [0.5, 0.6) is 5.75 Å². The number of benzene rings is 1. The molecule has 0 spiro atoms. The Bertz CT molecular complexity index is 698. The Morgan fingerprint density at radius 3 is 2.60 bits per heavy atom. The quantitative estimate of drug-likeness (QED) is 0.728. The number of nitrogens with zero attached hydrogens (tertiary/aromatic N) is 2. The molecule has 1 aromatic rings. The van der Waals surface area contributed by atoms with E-state index in [1.165, 1.54) is 4.90 Å². The first-order valence-corrected chi connectivity index (χ1v) is 7.84. The van der Waals surface area contributed by atoms with Gasteiger partial charge in [0.2, 0.25) is 0 Å². The summed E-state index contributed by atoms with van der Waals surface area (Å²) in [5, 5.41) is 28.1. The Kier molecular flexibility index (Phi) is 4.39. The second-order valence-electron chi connectivity index (χ2n) is 6.12. The number of phenols is 1. The van der Waals surface area contributed by atoms with Crippen LogP contribution in [0.15, 0.2) is 18.2 Å². The van der Waals surface area contributed by atoms with Crippen molar-refractivity contribution in [2.24, 2.45) is 0 Å². The molecule has 1 aromatic carbocycles. The highest BCUT2D eigenvalue weighted by molar-refractivity contribution is 5.80. The van der Waals surface area contributed by atoms with Crippen molar-refractivity contribution in [1.82, 2.24) is 9.80 Å². The summed E-state index contributed by atoms with van der Waals surface area (Å²) in [7, 11) is 0. The SMILES string of the molecule is O=C(O)[C@@H]1C[C@@H](OC(=O)N2CCc3cccc(O)c3C2)CN1C(=O)O. The van der Waals surface area contributed by atoms with Gasteiger partial charge in [-0.2, -0.15) is 0 Å². The fraction of sp³-hybridized carbons (Fsp3) is 0.438. The lowest BCUT2D eigenvalue weighted by molar-refractivity contribution is -0.141. The first kappa shape index (κ1) is 16.9. The van der Waals surface area contributed by atoms with E-state index in [1.54, 1.807) is 12.1 Å². The minimum atomic E-state index is -1.36. The normalized spacial score (nSPS) is 22.4. The number of hydrogen-bond acceptors (Lipinski definition) is 5. The van der Waals surface area contributed by atoms with Gasteiger partial charge < -0.3 is 25.0 Å². The third-order valence-corrected chi connectivity index (χ3v) is 4.57. The van der Waals surface area contributed by atoms with E-state index in [2.05, 4.69) is 0 Å². The number of carbonyl (C=O) groups is 3. The lowest BCUT2D eigenvalue weighted by atomic mass is 9.99. The molecule has 3 N–H and O–H groups in total. The van der Waals surface area contributed by atoms with Crippen molar-refractivity contribution in [3.05, 3.63) is 29.3 Å². The van der Waals surface area contributed by atoms with E-state index in [-0.39, 0.29) is 25.3 Å². The fourth-order valence-electron chi connectivity index (χ4n) is 3.26. The molecule has 0 radical (unpaired) electrons. The van der Waals surface area contributed by atoms with Crippen LogP contribution in [-0.4, -0.2) is 68.5 Å². The zero-order chi connectivity index (χ0) is 18.1. The molecular formula is C16H18N2O7. The number of likely N-dealkylation sites (tertiary alicyclic amines) is 1. The Hall–Kier alpha value is -2.97. The molecule has 2 atom stereocenters. The van der Waals surface area contributed by atoms with Gasteiger partial charge in [0.15, 0.2) is 0 Å². The van der Waals surface area contributed by atoms with E-state index < -0.39 is 30.3 Å². The van der Waals surface area contributed by atoms with Gasteiger partial charge in [-0.1, -0.05) is 12.1 Å². The molecule has 9 nitrogen and oxygen atoms in total. The minimum absolute atomic E-state index is 0.0803. The lowest BCUT2D eigenvalue weighted by Crippen LogP contribution is -2.40. The van der Waals surface area contributed by atoms with Gasteiger partial charge in [0, 0.05) is 18.5 Å². The van der Waals surface area contributed by atoms with Gasteiger partial charge in [-0.3, -0.25) is 4.90 Å². The molecule has 2 amide bonds. The van der Waals surface area contributed by atoms with Gasteiger partial charge in [0.1, 0.15) is 17.9 Å². The highest BCUT2D eigenvalue weighted by atomic mass is 16.6. The maximum absolute atomic E-state index is 12.3. The second-order valence-corrected chi connectivity index (χ2v) is 6.12. The Labute approximate surface area is 143 Å². The first-order valence-electron chi connectivity index (χ1n) is 7.84. The average Bonchev–Trinajstić information content (AvgIpc) is 2.99. The molecule has 0 aromatic heterocycles. The number of carboxylic acids is 1. The molecule has 1 fully saturated rings. The Morgan fingerprint density at radius 2 is 1.96 bits per heavy atom. The van der Waals surface area contributed by atoms with Crippen molar-refractivity contribution >= 4 is 18.2 Å². The van der Waals surface area contributed by atoms with Crippen molar-refractivity contribution in [1.29, 1.82) is 0 Å². The van der Waals surface area contributed by atoms with Crippen LogP contribution < -0.4 is 0 Å². The predicted molar refractivity (Wildman–Crippen MR) is 83.3 cm³/mol. The molecular weight excluding hydrogens is 332 g/mol. The summed E-state index contributed by atoms with van der Waals surface area (Å²) in [5.41, 5.74) is 1.63. The van der Waals surface area contributed by atoms with Crippen LogP contribution in [0.4, 0.5) is 9.59 Å². The molecule has 25 heavy (non-hydrogen) atoms. The fourth-order valence-corrected chi connectivity index (χ4v) is 3.26. The zero-order valence-corrected chi connectivity index (χ0v) is 13.3. The molecule has 0 bridgehead atoms. The number of aromatic hydroxyl groups is 1. The predicted octanol–water partition coefficient (Wildman–Crippen LogP) is 1.09. The maximum atomic E-state index is 12.3. The molecule has 1 saturated heterocycles. The summed E-state index contributed by atoms with van der Waals surface area (Å²) in [5.74, 6) is -1.16. The molecule has 134 valence electrons. The minimum Gasteiger partial charge on any atom is -0.508 e. The number of hydrogen-bond donors (Lipinski definition) is 3. The van der Waals surface area contributed by atoms with Crippen molar-refractivity contribution in [3.63, 3.8) is 0 Å². The van der Waals surface area contributed by atoms with Gasteiger partial charge >= 0.3 is 18.2 Å². The average molecular weight is 350 g/mol. The number of carboxylic acid groups (broad SMARTS) is 2. The van der Waals surface area contributed by atoms with Gasteiger partial charge in [0.25, 0.3) is 0 Å². The van der Waals surface area contributed by atoms with Crippen molar-refractivity contribution in [2.75, 3.05) is 13.1 Å². The van der Waals surface area contributed by atoms with Gasteiger partial charge in [-0.15, -0.1) is 0 Å². The van der Waals surface area contributed by atoms with Gasteiger partial charge in [-0.05, 0) is 18.1 Å². The van der Waals surface area contributed by atoms with E-state index in [1.807, 2.05) is 6.07 Å². The van der Waals surface area contributed by atoms with E-state index in [9.17, 15) is 19.5 Å². The number of carbonyl (C=O) groups excluding carboxylic acids is 1. The van der Waals surface area contributed by atoms with Gasteiger partial charge in [-0.25, -0.2) is 14.4 Å². The highest BCUT2D eigenvalue weighted by Gasteiger charge is 2.42. The van der Waals surface area contributed by atoms with E-state index >= 15 is 0 Å². The van der Waals surface area contributed by atoms with Crippen molar-refractivity contribution in [2.45, 2.75) is 31.5 Å². The number of phenolic OH excluding ortho intramolecular Hbond substituents is 1. The molecule has 0 saturated carbocycles. The van der Waals surface area contributed by atoms with Crippen LogP contribution in [-0.2, 0) is 22.5 Å². The number of aliphatic carboxylic acids is 1. The summed E-state index contributed by atoms with van der Waals surface area (Å²) in [6.45, 7) is 0.430. The maximum Gasteiger partial charge on any atom is 0.410 e. The van der Waals surface area contributed by atoms with Crippen LogP contribution in [0.3, 0.4) is 0 Å². The van der Waals surface area contributed by atoms with Crippen LogP contribution in [0.2, 0.25) is 0 Å². The zero-order valence-electron chi connectivity index (χ0n) is 13.3. The number of rotatable bonds is 2. The van der Waals surface area contributed by atoms with Crippen LogP contribution in [0, 0.1) is 0 Å². The monoisotopic (exact) mass is 350 g/mol.